The van der Waals surface area contributed by atoms with Crippen molar-refractivity contribution in [1.29, 1.82) is 0 Å². The van der Waals surface area contributed by atoms with Crippen molar-refractivity contribution in [3.8, 4) is 5.88 Å². The molecule has 0 spiro atoms. The van der Waals surface area contributed by atoms with E-state index in [0.717, 1.165) is 21.2 Å². The van der Waals surface area contributed by atoms with Gasteiger partial charge in [0.25, 0.3) is 5.91 Å². The third-order valence-corrected chi connectivity index (χ3v) is 6.13. The first kappa shape index (κ1) is 21.1. The summed E-state index contributed by atoms with van der Waals surface area (Å²) in [5, 5.41) is 15.9. The molecule has 31 heavy (non-hydrogen) atoms. The molecule has 158 valence electrons. The lowest BCUT2D eigenvalue weighted by Gasteiger charge is -2.05. The summed E-state index contributed by atoms with van der Waals surface area (Å²) in [6.45, 7) is 2.90. The zero-order chi connectivity index (χ0) is 21.5. The van der Waals surface area contributed by atoms with Crippen LogP contribution in [-0.2, 0) is 13.2 Å². The van der Waals surface area contributed by atoms with Crippen molar-refractivity contribution in [1.82, 2.24) is 20.0 Å². The molecule has 4 rings (SSSR count). The number of hydrogen-bond donors (Lipinski definition) is 1. The lowest BCUT2D eigenvalue weighted by molar-refractivity contribution is 0.102. The summed E-state index contributed by atoms with van der Waals surface area (Å²) < 4.78 is 8.44. The zero-order valence-electron chi connectivity index (χ0n) is 16.9. The Bertz CT molecular complexity index is 1130. The van der Waals surface area contributed by atoms with Gasteiger partial charge in [-0.15, -0.1) is 15.3 Å². The van der Waals surface area contributed by atoms with Gasteiger partial charge in [0.1, 0.15) is 12.2 Å². The molecule has 0 aliphatic rings. The van der Waals surface area contributed by atoms with Crippen LogP contribution in [0.1, 0.15) is 28.4 Å². The smallest absolute Gasteiger partial charge is 0.264 e. The highest BCUT2D eigenvalue weighted by molar-refractivity contribution is 8.01. The number of carbonyl (C=O) groups excluding carboxylic acids is 1. The Balaban J connectivity index is 1.54. The van der Waals surface area contributed by atoms with Crippen molar-refractivity contribution < 1.29 is 9.53 Å². The Morgan fingerprint density at radius 1 is 1.06 bits per heavy atom. The van der Waals surface area contributed by atoms with E-state index in [9.17, 15) is 4.79 Å². The average Bonchev–Trinajstić information content (AvgIpc) is 3.40. The molecule has 2 heterocycles. The van der Waals surface area contributed by atoms with Crippen LogP contribution in [-0.4, -0.2) is 31.6 Å². The monoisotopic (exact) mass is 451 g/mol. The van der Waals surface area contributed by atoms with Crippen molar-refractivity contribution >= 4 is 34.1 Å². The molecule has 0 unspecified atom stereocenters. The van der Waals surface area contributed by atoms with E-state index in [1.54, 1.807) is 22.6 Å². The van der Waals surface area contributed by atoms with Gasteiger partial charge in [-0.05, 0) is 16.9 Å². The second-order valence-electron chi connectivity index (χ2n) is 6.57. The third-order valence-electron chi connectivity index (χ3n) is 4.27. The Morgan fingerprint density at radius 2 is 1.77 bits per heavy atom. The van der Waals surface area contributed by atoms with E-state index in [1.807, 2.05) is 67.6 Å². The molecule has 0 saturated heterocycles. The lowest BCUT2D eigenvalue weighted by Crippen LogP contribution is -2.12. The molecule has 2 aromatic carbocycles. The summed E-state index contributed by atoms with van der Waals surface area (Å²) in [6.07, 6.45) is 1.70. The van der Waals surface area contributed by atoms with Crippen LogP contribution < -0.4 is 10.1 Å². The van der Waals surface area contributed by atoms with Gasteiger partial charge < -0.3 is 4.74 Å². The fourth-order valence-corrected chi connectivity index (χ4v) is 4.49. The number of amides is 1. The molecule has 0 atom stereocenters. The Hall–Kier alpha value is -3.17. The fraction of sp³-hybridized carbons (Fsp3) is 0.182. The molecule has 1 amide bonds. The molecule has 9 heteroatoms. The minimum Gasteiger partial charge on any atom is -0.471 e. The van der Waals surface area contributed by atoms with Crippen molar-refractivity contribution in [2.24, 2.45) is 0 Å². The van der Waals surface area contributed by atoms with E-state index in [-0.39, 0.29) is 11.8 Å². The largest absolute Gasteiger partial charge is 0.471 e. The highest BCUT2D eigenvalue weighted by Crippen LogP contribution is 2.26. The van der Waals surface area contributed by atoms with Crippen molar-refractivity contribution in [3.05, 3.63) is 83.6 Å². The SMILES string of the molecule is CCSc1nnc(NC(=O)c2cn(Cc3ccccc3)nc2OCc2ccccc2)s1. The summed E-state index contributed by atoms with van der Waals surface area (Å²) in [4.78, 5) is 13.0. The van der Waals surface area contributed by atoms with Crippen LogP contribution in [0.2, 0.25) is 0 Å². The fourth-order valence-electron chi connectivity index (χ4n) is 2.85. The number of aromatic nitrogens is 4. The van der Waals surface area contributed by atoms with E-state index in [2.05, 4.69) is 20.6 Å². The predicted octanol–water partition coefficient (Wildman–Crippen LogP) is 4.73. The quantitative estimate of drug-likeness (QED) is 0.293. The van der Waals surface area contributed by atoms with Gasteiger partial charge in [0.05, 0.1) is 6.54 Å². The number of nitrogens with one attached hydrogen (secondary N) is 1. The minimum absolute atomic E-state index is 0.282. The first-order chi connectivity index (χ1) is 15.2. The molecular formula is C22H21N5O2S2. The van der Waals surface area contributed by atoms with E-state index < -0.39 is 0 Å². The van der Waals surface area contributed by atoms with E-state index >= 15 is 0 Å². The number of thioether (sulfide) groups is 1. The van der Waals surface area contributed by atoms with Crippen LogP contribution in [0.15, 0.2) is 71.2 Å². The number of benzene rings is 2. The van der Waals surface area contributed by atoms with Gasteiger partial charge in [0.2, 0.25) is 11.0 Å². The standard InChI is InChI=1S/C22H21N5O2S2/c1-2-30-22-25-24-21(31-22)23-19(28)18-14-27(13-16-9-5-3-6-10-16)26-20(18)29-15-17-11-7-4-8-12-17/h3-12,14H,2,13,15H2,1H3,(H,23,24,28). The molecule has 4 aromatic rings. The normalized spacial score (nSPS) is 10.7. The molecule has 0 bridgehead atoms. The van der Waals surface area contributed by atoms with Crippen LogP contribution in [0.4, 0.5) is 5.13 Å². The maximum Gasteiger partial charge on any atom is 0.264 e. The first-order valence-electron chi connectivity index (χ1n) is 9.77. The highest BCUT2D eigenvalue weighted by Gasteiger charge is 2.20. The van der Waals surface area contributed by atoms with Gasteiger partial charge in [-0.3, -0.25) is 14.8 Å². The zero-order valence-corrected chi connectivity index (χ0v) is 18.5. The second-order valence-corrected chi connectivity index (χ2v) is 9.05. The molecule has 2 aromatic heterocycles. The summed E-state index contributed by atoms with van der Waals surface area (Å²) >= 11 is 2.93. The summed E-state index contributed by atoms with van der Waals surface area (Å²) in [6, 6.07) is 19.7. The molecule has 0 fully saturated rings. The Kier molecular flexibility index (Phi) is 6.96. The van der Waals surface area contributed by atoms with Gasteiger partial charge in [0, 0.05) is 6.20 Å². The number of rotatable bonds is 9. The summed E-state index contributed by atoms with van der Waals surface area (Å²) in [7, 11) is 0. The predicted molar refractivity (Wildman–Crippen MR) is 123 cm³/mol. The van der Waals surface area contributed by atoms with Crippen molar-refractivity contribution in [2.45, 2.75) is 24.4 Å². The Labute approximate surface area is 188 Å². The van der Waals surface area contributed by atoms with E-state index in [1.165, 1.54) is 11.3 Å². The van der Waals surface area contributed by atoms with Gasteiger partial charge in [-0.2, -0.15) is 0 Å². The van der Waals surface area contributed by atoms with Gasteiger partial charge in [0.15, 0.2) is 4.34 Å². The maximum atomic E-state index is 13.0. The number of ether oxygens (including phenoxy) is 1. The maximum absolute atomic E-state index is 13.0. The number of hydrogen-bond acceptors (Lipinski definition) is 7. The van der Waals surface area contributed by atoms with Gasteiger partial charge >= 0.3 is 0 Å². The van der Waals surface area contributed by atoms with Crippen molar-refractivity contribution in [2.75, 3.05) is 11.1 Å². The topological polar surface area (TPSA) is 81.9 Å². The average molecular weight is 452 g/mol. The molecular weight excluding hydrogens is 430 g/mol. The summed E-state index contributed by atoms with van der Waals surface area (Å²) in [5.74, 6) is 0.850. The number of nitrogens with zero attached hydrogens (tertiary/aromatic N) is 4. The molecule has 0 aliphatic carbocycles. The lowest BCUT2D eigenvalue weighted by atomic mass is 10.2. The first-order valence-corrected chi connectivity index (χ1v) is 11.6. The molecule has 7 nitrogen and oxygen atoms in total. The molecule has 0 saturated carbocycles. The highest BCUT2D eigenvalue weighted by atomic mass is 32.2. The van der Waals surface area contributed by atoms with E-state index in [4.69, 9.17) is 4.74 Å². The number of anilines is 1. The van der Waals surface area contributed by atoms with Gasteiger partial charge in [-0.1, -0.05) is 90.7 Å². The van der Waals surface area contributed by atoms with E-state index in [0.29, 0.717) is 23.8 Å². The van der Waals surface area contributed by atoms with Crippen molar-refractivity contribution in [3.63, 3.8) is 0 Å². The van der Waals surface area contributed by atoms with Crippen LogP contribution in [0.3, 0.4) is 0 Å². The second kappa shape index (κ2) is 10.2. The summed E-state index contributed by atoms with van der Waals surface area (Å²) in [5.41, 5.74) is 2.43. The Morgan fingerprint density at radius 3 is 2.48 bits per heavy atom. The van der Waals surface area contributed by atoms with Crippen LogP contribution in [0.5, 0.6) is 5.88 Å². The van der Waals surface area contributed by atoms with Crippen LogP contribution in [0, 0.1) is 0 Å². The molecule has 0 aliphatic heterocycles. The third kappa shape index (κ3) is 5.71. The molecule has 1 N–H and O–H groups in total. The minimum atomic E-state index is -0.327. The number of carbonyl (C=O) groups is 1. The van der Waals surface area contributed by atoms with Crippen LogP contribution >= 0.6 is 23.1 Å². The van der Waals surface area contributed by atoms with Gasteiger partial charge in [-0.25, -0.2) is 0 Å². The van der Waals surface area contributed by atoms with Crippen LogP contribution in [0.25, 0.3) is 0 Å². The molecule has 0 radical (unpaired) electrons.